The molecule has 0 unspecified atom stereocenters. The van der Waals surface area contributed by atoms with Gasteiger partial charge in [0.15, 0.2) is 0 Å². The Labute approximate surface area is 155 Å². The van der Waals surface area contributed by atoms with E-state index in [-0.39, 0.29) is 23.2 Å². The first-order valence-corrected chi connectivity index (χ1v) is 11.1. The van der Waals surface area contributed by atoms with Crippen LogP contribution in [0.15, 0.2) is 18.2 Å². The van der Waals surface area contributed by atoms with Crippen LogP contribution in [0, 0.1) is 0 Å². The van der Waals surface area contributed by atoms with Crippen LogP contribution in [0.5, 0.6) is 0 Å². The van der Waals surface area contributed by atoms with Gasteiger partial charge in [-0.15, -0.1) is 0 Å². The fourth-order valence-electron chi connectivity index (χ4n) is 2.57. The lowest BCUT2D eigenvalue weighted by Crippen LogP contribution is -2.20. The van der Waals surface area contributed by atoms with E-state index in [1.54, 1.807) is 6.92 Å². The fraction of sp³-hybridized carbons (Fsp3) is 0.714. The van der Waals surface area contributed by atoms with E-state index >= 15 is 0 Å². The van der Waals surface area contributed by atoms with Crippen molar-refractivity contribution in [2.75, 3.05) is 12.4 Å². The van der Waals surface area contributed by atoms with Crippen LogP contribution in [0.25, 0.3) is 0 Å². The quantitative estimate of drug-likeness (QED) is 0.412. The summed E-state index contributed by atoms with van der Waals surface area (Å²) in [4.78, 5) is 0. The summed E-state index contributed by atoms with van der Waals surface area (Å²) in [5, 5.41) is 0. The van der Waals surface area contributed by atoms with Gasteiger partial charge in [0.05, 0.1) is 12.4 Å². The second-order valence-corrected chi connectivity index (χ2v) is 10.1. The van der Waals surface area contributed by atoms with Crippen LogP contribution < -0.4 is 0 Å². The zero-order valence-electron chi connectivity index (χ0n) is 17.1. The van der Waals surface area contributed by atoms with E-state index in [2.05, 4.69) is 59.7 Å². The molecule has 0 fully saturated rings. The van der Waals surface area contributed by atoms with Crippen molar-refractivity contribution in [3.05, 3.63) is 34.9 Å². The molecule has 0 spiro atoms. The molecule has 0 bridgehead atoms. The Morgan fingerprint density at radius 2 is 1.36 bits per heavy atom. The summed E-state index contributed by atoms with van der Waals surface area (Å²) < 4.78 is 27.9. The van der Waals surface area contributed by atoms with E-state index in [1.165, 1.54) is 16.7 Å². The average molecular weight is 369 g/mol. The molecular weight excluding hydrogens is 332 g/mol. The third-order valence-corrected chi connectivity index (χ3v) is 6.78. The van der Waals surface area contributed by atoms with Crippen molar-refractivity contribution in [3.63, 3.8) is 0 Å². The van der Waals surface area contributed by atoms with Gasteiger partial charge in [0.1, 0.15) is 0 Å². The summed E-state index contributed by atoms with van der Waals surface area (Å²) in [7, 11) is -3.34. The van der Waals surface area contributed by atoms with Gasteiger partial charge in [-0.2, -0.15) is 8.42 Å². The molecule has 0 aliphatic rings. The van der Waals surface area contributed by atoms with Gasteiger partial charge in [-0.05, 0) is 60.1 Å². The van der Waals surface area contributed by atoms with Gasteiger partial charge < -0.3 is 0 Å². The Morgan fingerprint density at radius 3 is 1.76 bits per heavy atom. The van der Waals surface area contributed by atoms with Crippen molar-refractivity contribution in [2.45, 2.75) is 85.0 Å². The van der Waals surface area contributed by atoms with Gasteiger partial charge in [-0.25, -0.2) is 0 Å². The van der Waals surface area contributed by atoms with Crippen LogP contribution in [0.2, 0.25) is 0 Å². The van der Waals surface area contributed by atoms with Crippen LogP contribution in [0.1, 0.15) is 84.4 Å². The molecule has 0 aliphatic carbocycles. The van der Waals surface area contributed by atoms with Crippen LogP contribution in [0.3, 0.4) is 0 Å². The molecule has 0 saturated heterocycles. The Kier molecular flexibility index (Phi) is 7.70. The van der Waals surface area contributed by atoms with E-state index in [9.17, 15) is 8.42 Å². The molecule has 0 radical (unpaired) electrons. The van der Waals surface area contributed by atoms with Crippen molar-refractivity contribution >= 4 is 10.1 Å². The van der Waals surface area contributed by atoms with Crippen LogP contribution in [0.4, 0.5) is 0 Å². The molecule has 4 heteroatoms. The third kappa shape index (κ3) is 6.41. The van der Waals surface area contributed by atoms with Gasteiger partial charge in [0, 0.05) is 0 Å². The maximum absolute atomic E-state index is 11.4. The second-order valence-electron chi connectivity index (χ2n) is 8.17. The molecule has 144 valence electrons. The lowest BCUT2D eigenvalue weighted by molar-refractivity contribution is 0.313. The minimum atomic E-state index is -3.34. The van der Waals surface area contributed by atoms with Gasteiger partial charge in [0.25, 0.3) is 10.1 Å². The van der Waals surface area contributed by atoms with Crippen LogP contribution in [-0.4, -0.2) is 20.8 Å². The Balaban J connectivity index is 3.02. The van der Waals surface area contributed by atoms with Crippen molar-refractivity contribution in [1.29, 1.82) is 0 Å². The average Bonchev–Trinajstić information content (AvgIpc) is 2.58. The molecule has 0 aliphatic heterocycles. The maximum atomic E-state index is 11.4. The van der Waals surface area contributed by atoms with Crippen molar-refractivity contribution in [2.24, 2.45) is 0 Å². The van der Waals surface area contributed by atoms with E-state index < -0.39 is 10.1 Å². The minimum absolute atomic E-state index is 0.0298. The second kappa shape index (κ2) is 8.68. The predicted molar refractivity (Wildman–Crippen MR) is 107 cm³/mol. The number of benzene rings is 1. The molecule has 0 amide bonds. The highest BCUT2D eigenvalue weighted by Gasteiger charge is 2.24. The Hall–Kier alpha value is -0.870. The fourth-order valence-corrected chi connectivity index (χ4v) is 3.11. The van der Waals surface area contributed by atoms with Gasteiger partial charge in [-0.1, -0.05) is 59.7 Å². The Morgan fingerprint density at radius 1 is 0.880 bits per heavy atom. The Bertz CT molecular complexity index is 623. The summed E-state index contributed by atoms with van der Waals surface area (Å²) >= 11 is 0. The molecular formula is C21H36O3S. The molecule has 0 N–H and O–H groups in total. The van der Waals surface area contributed by atoms with Crippen molar-refractivity contribution in [1.82, 2.24) is 0 Å². The summed E-state index contributed by atoms with van der Waals surface area (Å²) in [6, 6.07) is 6.93. The maximum Gasteiger partial charge on any atom is 0.267 e. The molecule has 1 aromatic carbocycles. The zero-order valence-corrected chi connectivity index (χ0v) is 17.9. The molecule has 1 aromatic rings. The topological polar surface area (TPSA) is 43.4 Å². The van der Waals surface area contributed by atoms with E-state index in [0.717, 1.165) is 19.3 Å². The van der Waals surface area contributed by atoms with Gasteiger partial charge in [0.2, 0.25) is 0 Å². The number of hydrogen-bond acceptors (Lipinski definition) is 3. The molecule has 0 atom stereocenters. The van der Waals surface area contributed by atoms with E-state index in [0.29, 0.717) is 6.42 Å². The highest BCUT2D eigenvalue weighted by Crippen LogP contribution is 2.34. The first-order chi connectivity index (χ1) is 11.5. The third-order valence-electron chi connectivity index (χ3n) is 5.55. The summed E-state index contributed by atoms with van der Waals surface area (Å²) in [5.41, 5.74) is 4.28. The van der Waals surface area contributed by atoms with Crippen LogP contribution in [-0.2, 0) is 31.6 Å². The number of rotatable bonds is 10. The predicted octanol–water partition coefficient (Wildman–Crippen LogP) is 5.36. The smallest absolute Gasteiger partial charge is 0.267 e. The van der Waals surface area contributed by atoms with E-state index in [1.807, 2.05) is 0 Å². The number of hydrogen-bond donors (Lipinski definition) is 0. The molecule has 0 saturated carbocycles. The largest absolute Gasteiger partial charge is 0.270 e. The SMILES string of the molecule is CCC(C)(C)c1cc(CCCOS(=O)(=O)CC)cc(C(C)(C)CC)c1. The molecule has 0 heterocycles. The molecule has 0 aromatic heterocycles. The van der Waals surface area contributed by atoms with Gasteiger partial charge >= 0.3 is 0 Å². The number of aryl methyl sites for hydroxylation is 1. The first kappa shape index (κ1) is 22.2. The lowest BCUT2D eigenvalue weighted by atomic mass is 9.75. The zero-order chi connectivity index (χ0) is 19.3. The highest BCUT2D eigenvalue weighted by atomic mass is 32.2. The summed E-state index contributed by atoms with van der Waals surface area (Å²) in [6.45, 7) is 15.4. The van der Waals surface area contributed by atoms with Gasteiger partial charge in [-0.3, -0.25) is 4.18 Å². The molecule has 1 rings (SSSR count). The summed E-state index contributed by atoms with van der Waals surface area (Å²) in [5.74, 6) is 0.0298. The normalized spacial score (nSPS) is 13.2. The van der Waals surface area contributed by atoms with Crippen molar-refractivity contribution < 1.29 is 12.6 Å². The lowest BCUT2D eigenvalue weighted by Gasteiger charge is -2.29. The van der Waals surface area contributed by atoms with E-state index in [4.69, 9.17) is 4.18 Å². The first-order valence-electron chi connectivity index (χ1n) is 9.49. The monoisotopic (exact) mass is 368 g/mol. The standard InChI is InChI=1S/C21H36O3S/c1-8-20(4,5)18-14-17(12-11-13-24-25(22,23)10-3)15-19(16-18)21(6,7)9-2/h14-16H,8-13H2,1-7H3. The van der Waals surface area contributed by atoms with Crippen molar-refractivity contribution in [3.8, 4) is 0 Å². The molecule has 25 heavy (non-hydrogen) atoms. The molecule has 3 nitrogen and oxygen atoms in total. The highest BCUT2D eigenvalue weighted by molar-refractivity contribution is 7.86. The summed E-state index contributed by atoms with van der Waals surface area (Å²) in [6.07, 6.45) is 3.71. The van der Waals surface area contributed by atoms with Crippen LogP contribution >= 0.6 is 0 Å². The minimum Gasteiger partial charge on any atom is -0.270 e.